The number of nitrogens with one attached hydrogen (secondary N) is 1. The molecule has 1 N–H and O–H groups in total. The van der Waals surface area contributed by atoms with Gasteiger partial charge in [0, 0.05) is 19.0 Å². The van der Waals surface area contributed by atoms with Crippen molar-refractivity contribution in [2.45, 2.75) is 30.7 Å². The molecule has 1 amide bonds. The molecule has 30 heavy (non-hydrogen) atoms. The topological polar surface area (TPSA) is 94.2 Å². The summed E-state index contributed by atoms with van der Waals surface area (Å²) in [7, 11) is 0.748. The molecule has 0 saturated carbocycles. The van der Waals surface area contributed by atoms with Crippen LogP contribution in [0.25, 0.3) is 0 Å². The van der Waals surface area contributed by atoms with E-state index in [1.807, 2.05) is 6.07 Å². The molecule has 3 rings (SSSR count). The third kappa shape index (κ3) is 4.22. The molecule has 2 aromatic carbocycles. The van der Waals surface area contributed by atoms with E-state index in [0.717, 1.165) is 12.0 Å². The Bertz CT molecular complexity index is 1040. The highest BCUT2D eigenvalue weighted by Crippen LogP contribution is 2.42. The van der Waals surface area contributed by atoms with E-state index in [2.05, 4.69) is 5.32 Å². The molecule has 1 atom stereocenters. The first-order chi connectivity index (χ1) is 14.3. The van der Waals surface area contributed by atoms with E-state index in [-0.39, 0.29) is 16.8 Å². The molecule has 162 valence electrons. The lowest BCUT2D eigenvalue weighted by Gasteiger charge is -2.26. The Hall–Kier alpha value is -2.78. The van der Waals surface area contributed by atoms with Gasteiger partial charge in [0.2, 0.25) is 15.9 Å². The van der Waals surface area contributed by atoms with Crippen molar-refractivity contribution < 1.29 is 27.4 Å². The van der Waals surface area contributed by atoms with Gasteiger partial charge >= 0.3 is 0 Å². The van der Waals surface area contributed by atoms with E-state index in [4.69, 9.17) is 14.2 Å². The molecule has 1 fully saturated rings. The van der Waals surface area contributed by atoms with Gasteiger partial charge in [-0.05, 0) is 49.2 Å². The minimum absolute atomic E-state index is 0.0841. The third-order valence-corrected chi connectivity index (χ3v) is 6.99. The summed E-state index contributed by atoms with van der Waals surface area (Å²) in [6.45, 7) is 1.74. The number of nitrogens with zero attached hydrogens (tertiary/aromatic N) is 1. The van der Waals surface area contributed by atoms with Crippen molar-refractivity contribution in [2.24, 2.45) is 0 Å². The highest BCUT2D eigenvalue weighted by atomic mass is 32.2. The number of sulfonamides is 1. The standard InChI is InChI=1S/C21H26N2O6S/c1-14(24)22-18-13-16(8-10-21(18)29-4)30(25,26)23-11-5-6-19(23)17-12-15(27-2)7-9-20(17)28-3/h7-10,12-13,19H,5-6,11H2,1-4H3,(H,22,24)/t19-/m0/s1. The average Bonchev–Trinajstić information content (AvgIpc) is 3.23. The fourth-order valence-corrected chi connectivity index (χ4v) is 5.41. The molecule has 0 aromatic heterocycles. The zero-order valence-corrected chi connectivity index (χ0v) is 18.3. The van der Waals surface area contributed by atoms with Crippen LogP contribution in [0.4, 0.5) is 5.69 Å². The second-order valence-electron chi connectivity index (χ2n) is 6.92. The number of hydrogen-bond donors (Lipinski definition) is 1. The molecule has 0 radical (unpaired) electrons. The van der Waals surface area contributed by atoms with Crippen LogP contribution in [-0.2, 0) is 14.8 Å². The van der Waals surface area contributed by atoms with E-state index in [1.54, 1.807) is 26.4 Å². The Kier molecular flexibility index (Phi) is 6.52. The van der Waals surface area contributed by atoms with Crippen LogP contribution in [0.2, 0.25) is 0 Å². The number of carbonyl (C=O) groups excluding carboxylic acids is 1. The summed E-state index contributed by atoms with van der Waals surface area (Å²) < 4.78 is 44.5. The Morgan fingerprint density at radius 1 is 1.03 bits per heavy atom. The number of carbonyl (C=O) groups is 1. The smallest absolute Gasteiger partial charge is 0.243 e. The second kappa shape index (κ2) is 8.93. The van der Waals surface area contributed by atoms with Crippen LogP contribution >= 0.6 is 0 Å². The van der Waals surface area contributed by atoms with Crippen molar-refractivity contribution in [1.82, 2.24) is 4.31 Å². The van der Waals surface area contributed by atoms with E-state index in [0.29, 0.717) is 35.9 Å². The maximum Gasteiger partial charge on any atom is 0.243 e. The minimum atomic E-state index is -3.83. The van der Waals surface area contributed by atoms with Gasteiger partial charge in [-0.15, -0.1) is 0 Å². The summed E-state index contributed by atoms with van der Waals surface area (Å²) >= 11 is 0. The van der Waals surface area contributed by atoms with Gasteiger partial charge in [-0.2, -0.15) is 4.31 Å². The summed E-state index contributed by atoms with van der Waals surface area (Å²) in [6.07, 6.45) is 1.39. The van der Waals surface area contributed by atoms with Crippen LogP contribution in [0.1, 0.15) is 31.4 Å². The molecule has 1 aliphatic heterocycles. The summed E-state index contributed by atoms with van der Waals surface area (Å²) in [5.74, 6) is 1.31. The molecule has 0 unspecified atom stereocenters. The molecule has 0 spiro atoms. The fraction of sp³-hybridized carbons (Fsp3) is 0.381. The minimum Gasteiger partial charge on any atom is -0.497 e. The Morgan fingerprint density at radius 3 is 2.37 bits per heavy atom. The van der Waals surface area contributed by atoms with E-state index < -0.39 is 10.0 Å². The fourth-order valence-electron chi connectivity index (χ4n) is 3.71. The van der Waals surface area contributed by atoms with Crippen molar-refractivity contribution in [1.29, 1.82) is 0 Å². The normalized spacial score (nSPS) is 16.9. The van der Waals surface area contributed by atoms with Gasteiger partial charge in [0.15, 0.2) is 0 Å². The molecular weight excluding hydrogens is 408 g/mol. The lowest BCUT2D eigenvalue weighted by molar-refractivity contribution is -0.114. The molecule has 9 heteroatoms. The Labute approximate surface area is 176 Å². The zero-order valence-electron chi connectivity index (χ0n) is 17.5. The van der Waals surface area contributed by atoms with Crippen LogP contribution in [0.3, 0.4) is 0 Å². The summed E-state index contributed by atoms with van der Waals surface area (Å²) in [4.78, 5) is 11.6. The summed E-state index contributed by atoms with van der Waals surface area (Å²) in [5, 5.41) is 2.62. The highest BCUT2D eigenvalue weighted by Gasteiger charge is 2.38. The van der Waals surface area contributed by atoms with Crippen molar-refractivity contribution in [2.75, 3.05) is 33.2 Å². The Morgan fingerprint density at radius 2 is 1.73 bits per heavy atom. The quantitative estimate of drug-likeness (QED) is 0.719. The number of methoxy groups -OCH3 is 3. The first-order valence-corrected chi connectivity index (χ1v) is 10.9. The van der Waals surface area contributed by atoms with Crippen LogP contribution in [-0.4, -0.2) is 46.5 Å². The van der Waals surface area contributed by atoms with E-state index in [1.165, 1.54) is 36.5 Å². The molecule has 8 nitrogen and oxygen atoms in total. The maximum absolute atomic E-state index is 13.5. The maximum atomic E-state index is 13.5. The van der Waals surface area contributed by atoms with Gasteiger partial charge in [-0.25, -0.2) is 8.42 Å². The van der Waals surface area contributed by atoms with Gasteiger partial charge in [0.25, 0.3) is 0 Å². The molecule has 2 aromatic rings. The highest BCUT2D eigenvalue weighted by molar-refractivity contribution is 7.89. The zero-order chi connectivity index (χ0) is 21.9. The van der Waals surface area contributed by atoms with E-state index >= 15 is 0 Å². The molecule has 0 aliphatic carbocycles. The van der Waals surface area contributed by atoms with Gasteiger partial charge in [0.1, 0.15) is 17.2 Å². The van der Waals surface area contributed by atoms with Crippen molar-refractivity contribution in [3.8, 4) is 17.2 Å². The average molecular weight is 435 g/mol. The summed E-state index contributed by atoms with van der Waals surface area (Å²) in [5.41, 5.74) is 1.06. The number of anilines is 1. The van der Waals surface area contributed by atoms with Gasteiger partial charge < -0.3 is 19.5 Å². The van der Waals surface area contributed by atoms with Gasteiger partial charge in [0.05, 0.1) is 38.0 Å². The number of hydrogen-bond acceptors (Lipinski definition) is 6. The lowest BCUT2D eigenvalue weighted by atomic mass is 10.0. The number of ether oxygens (including phenoxy) is 3. The van der Waals surface area contributed by atoms with E-state index in [9.17, 15) is 13.2 Å². The van der Waals surface area contributed by atoms with Crippen molar-refractivity contribution in [3.63, 3.8) is 0 Å². The first-order valence-electron chi connectivity index (χ1n) is 9.51. The van der Waals surface area contributed by atoms with Gasteiger partial charge in [-0.1, -0.05) is 0 Å². The molecule has 1 aliphatic rings. The largest absolute Gasteiger partial charge is 0.497 e. The predicted octanol–water partition coefficient (Wildman–Crippen LogP) is 3.20. The van der Waals surface area contributed by atoms with Crippen LogP contribution in [0.5, 0.6) is 17.2 Å². The number of benzene rings is 2. The lowest BCUT2D eigenvalue weighted by Crippen LogP contribution is -2.31. The molecule has 1 saturated heterocycles. The third-order valence-electron chi connectivity index (χ3n) is 5.09. The first kappa shape index (κ1) is 21.9. The molecular formula is C21H26N2O6S. The monoisotopic (exact) mass is 434 g/mol. The van der Waals surface area contributed by atoms with Crippen LogP contribution < -0.4 is 19.5 Å². The molecule has 1 heterocycles. The molecule has 0 bridgehead atoms. The Balaban J connectivity index is 2.03. The van der Waals surface area contributed by atoms with Crippen LogP contribution in [0, 0.1) is 0 Å². The van der Waals surface area contributed by atoms with Crippen molar-refractivity contribution in [3.05, 3.63) is 42.0 Å². The number of rotatable bonds is 7. The second-order valence-corrected chi connectivity index (χ2v) is 8.82. The SMILES string of the molecule is COc1ccc(OC)c([C@@H]2CCCN2S(=O)(=O)c2ccc(OC)c(NC(C)=O)c2)c1. The predicted molar refractivity (Wildman–Crippen MR) is 113 cm³/mol. The summed E-state index contributed by atoms with van der Waals surface area (Å²) in [6, 6.07) is 9.43. The van der Waals surface area contributed by atoms with Crippen molar-refractivity contribution >= 4 is 21.6 Å². The number of amides is 1. The van der Waals surface area contributed by atoms with Gasteiger partial charge in [-0.3, -0.25) is 4.79 Å². The van der Waals surface area contributed by atoms with Crippen LogP contribution in [0.15, 0.2) is 41.3 Å².